The van der Waals surface area contributed by atoms with Crippen molar-refractivity contribution in [3.63, 3.8) is 0 Å². The third-order valence-corrected chi connectivity index (χ3v) is 23.5. The van der Waals surface area contributed by atoms with Gasteiger partial charge in [0, 0.05) is 65.8 Å². The van der Waals surface area contributed by atoms with E-state index in [1.807, 2.05) is 0 Å². The van der Waals surface area contributed by atoms with Crippen molar-refractivity contribution in [3.8, 4) is 67.3 Å². The van der Waals surface area contributed by atoms with Crippen molar-refractivity contribution in [3.05, 3.63) is 364 Å². The van der Waals surface area contributed by atoms with E-state index in [1.165, 1.54) is 21.5 Å². The summed E-state index contributed by atoms with van der Waals surface area (Å²) < 4.78 is 44.7. The molecule has 0 aliphatic rings. The van der Waals surface area contributed by atoms with Crippen LogP contribution in [0.4, 0.5) is 0 Å². The van der Waals surface area contributed by atoms with Gasteiger partial charge in [0.05, 0.1) is 66.2 Å². The van der Waals surface area contributed by atoms with Crippen LogP contribution >= 0.6 is 0 Å². The average Bonchev–Trinajstić information content (AvgIpc) is 0.926. The molecule has 0 unspecified atom stereocenters. The second-order valence-electron chi connectivity index (χ2n) is 29.5. The van der Waals surface area contributed by atoms with Crippen LogP contribution in [0.5, 0.6) is 0 Å². The summed E-state index contributed by atoms with van der Waals surface area (Å²) in [6.07, 6.45) is 0. The van der Waals surface area contributed by atoms with Gasteiger partial charge in [0.25, 0.3) is 0 Å². The highest BCUT2D eigenvalue weighted by Gasteiger charge is 2.29. The van der Waals surface area contributed by atoms with Gasteiger partial charge in [-0.3, -0.25) is 8.80 Å². The number of rotatable bonds is 8. The van der Waals surface area contributed by atoms with Gasteiger partial charge in [-0.2, -0.15) is 0 Å². The SMILES string of the molecule is c1ccc(-n2c3ccccc3c3cc(-c4ccc5c(c4)oc4c6oc7cc(-c8ccc9c(c8)c8ccccc8n9-c8ccccc8)ccc7n7c8ccc(-c9ccc%10c(c9)c9ccccc9n%10-c9ccccc9)cc8oc(c8oc9cc(-c%10ccc%11c(c%10)c%10ccccc%10n%11-c%10ccccc%10)ccc9n5c48)c67)ccc32)cc1. The molecule has 0 amide bonds. The van der Waals surface area contributed by atoms with Gasteiger partial charge in [0.15, 0.2) is 44.7 Å². The number of fused-ring (bicyclic) bond motifs is 22. The predicted molar refractivity (Wildman–Crippen MR) is 459 cm³/mol. The van der Waals surface area contributed by atoms with Gasteiger partial charge in [0.1, 0.15) is 11.0 Å². The lowest BCUT2D eigenvalue weighted by Gasteiger charge is -2.20. The molecule has 0 aliphatic heterocycles. The van der Waals surface area contributed by atoms with Gasteiger partial charge >= 0.3 is 0 Å². The molecule has 25 rings (SSSR count). The summed E-state index contributed by atoms with van der Waals surface area (Å²) in [5.74, 6) is 0. The van der Waals surface area contributed by atoms with E-state index in [9.17, 15) is 0 Å². The second kappa shape index (κ2) is 23.1. The summed E-state index contributed by atoms with van der Waals surface area (Å²) in [5, 5.41) is 9.35. The quantitative estimate of drug-likeness (QED) is 0.112. The van der Waals surface area contributed by atoms with Crippen LogP contribution in [0, 0.1) is 0 Å². The maximum absolute atomic E-state index is 7.67. The zero-order chi connectivity index (χ0) is 73.0. The van der Waals surface area contributed by atoms with Crippen LogP contribution in [0.15, 0.2) is 382 Å². The van der Waals surface area contributed by atoms with Crippen LogP contribution < -0.4 is 0 Å². The Balaban J connectivity index is 0.762. The molecule has 10 nitrogen and oxygen atoms in total. The Morgan fingerprint density at radius 3 is 0.571 bits per heavy atom. The van der Waals surface area contributed by atoms with Crippen LogP contribution in [-0.2, 0) is 0 Å². The minimum absolute atomic E-state index is 0.498. The smallest absolute Gasteiger partial charge is 0.200 e. The number of benzene rings is 17. The third kappa shape index (κ3) is 8.73. The molecule has 0 atom stereocenters. The molecule has 112 heavy (non-hydrogen) atoms. The molecule has 0 saturated heterocycles. The van der Waals surface area contributed by atoms with Gasteiger partial charge in [-0.05, 0) is 214 Å². The van der Waals surface area contributed by atoms with E-state index in [-0.39, 0.29) is 0 Å². The van der Waals surface area contributed by atoms with E-state index >= 15 is 0 Å². The maximum Gasteiger partial charge on any atom is 0.200 e. The fraction of sp³-hybridized carbons (Fsp3) is 0. The molecule has 0 aliphatic carbocycles. The van der Waals surface area contributed by atoms with E-state index in [2.05, 4.69) is 391 Å². The summed E-state index contributed by atoms with van der Waals surface area (Å²) in [7, 11) is 0. The average molecular weight is 1430 g/mol. The van der Waals surface area contributed by atoms with Crippen molar-refractivity contribution in [2.75, 3.05) is 0 Å². The first-order chi connectivity index (χ1) is 55.5. The van der Waals surface area contributed by atoms with Crippen LogP contribution in [0.25, 0.3) is 232 Å². The van der Waals surface area contributed by atoms with Gasteiger partial charge in [0.2, 0.25) is 0 Å². The van der Waals surface area contributed by atoms with Gasteiger partial charge in [-0.25, -0.2) is 0 Å². The predicted octanol–water partition coefficient (Wildman–Crippen LogP) is 27.7. The molecule has 8 heterocycles. The molecule has 0 saturated carbocycles. The Labute approximate surface area is 637 Å². The molecule has 10 heteroatoms. The molecular formula is C102H60N6O4. The standard InChI is InChI=1S/C102H60N6O4/c1-5-21-69(22-6-1)103-81-33-17-13-29-73(81)77-53-61(37-45-85(77)103)65-41-49-89-93(57-65)109-99-97-101(111-94-58-66(42-50-90(94)107(89)97)62-38-46-86-78(54-62)74-30-14-18-34-82(74)104(86)70-23-7-2-8-24-70)102-98-100(99)110-95-59-67(63-39-47-87-79(55-63)75-31-15-19-35-83(75)105(87)71-25-9-3-10-26-71)43-51-91(95)108(98)92-52-44-68(60-96(92)112-102)64-40-48-88-80(56-64)76-32-16-20-36-84(76)106(88)72-27-11-4-12-28-72/h1-60H. The van der Waals surface area contributed by atoms with Crippen LogP contribution in [0.3, 0.4) is 0 Å². The number of hydrogen-bond donors (Lipinski definition) is 0. The third-order valence-electron chi connectivity index (χ3n) is 23.5. The minimum Gasteiger partial charge on any atom is -0.449 e. The van der Waals surface area contributed by atoms with Gasteiger partial charge in [-0.1, -0.05) is 194 Å². The first-order valence-electron chi connectivity index (χ1n) is 38.0. The van der Waals surface area contributed by atoms with E-state index in [0.717, 1.165) is 155 Å². The first kappa shape index (κ1) is 60.8. The molecule has 0 fully saturated rings. The second-order valence-corrected chi connectivity index (χ2v) is 29.5. The Morgan fingerprint density at radius 1 is 0.152 bits per heavy atom. The lowest BCUT2D eigenvalue weighted by molar-refractivity contribution is 0.597. The lowest BCUT2D eigenvalue weighted by Crippen LogP contribution is -2.02. The summed E-state index contributed by atoms with van der Waals surface area (Å²) in [6.45, 7) is 0. The van der Waals surface area contributed by atoms with Crippen molar-refractivity contribution < 1.29 is 17.7 Å². The number of aromatic nitrogens is 6. The molecule has 25 aromatic rings. The molecule has 8 aromatic heterocycles. The molecule has 0 spiro atoms. The molecule has 0 radical (unpaired) electrons. The summed E-state index contributed by atoms with van der Waals surface area (Å²) in [4.78, 5) is 0. The fourth-order valence-corrected chi connectivity index (χ4v) is 18.5. The zero-order valence-electron chi connectivity index (χ0n) is 60.0. The molecule has 17 aromatic carbocycles. The molecule has 0 N–H and O–H groups in total. The highest BCUT2D eigenvalue weighted by molar-refractivity contribution is 6.21. The Kier molecular flexibility index (Phi) is 12.6. The highest BCUT2D eigenvalue weighted by atomic mass is 16.4. The fourth-order valence-electron chi connectivity index (χ4n) is 18.5. The number of hydrogen-bond acceptors (Lipinski definition) is 4. The summed E-state index contributed by atoms with van der Waals surface area (Å²) in [6, 6.07) is 131. The van der Waals surface area contributed by atoms with Crippen molar-refractivity contribution in [1.29, 1.82) is 0 Å². The van der Waals surface area contributed by atoms with Crippen LogP contribution in [-0.4, -0.2) is 27.1 Å². The van der Waals surface area contributed by atoms with Crippen LogP contribution in [0.1, 0.15) is 0 Å². The number of nitrogens with zero attached hydrogens (tertiary/aromatic N) is 6. The van der Waals surface area contributed by atoms with Crippen molar-refractivity contribution in [2.24, 2.45) is 0 Å². The van der Waals surface area contributed by atoms with E-state index < -0.39 is 0 Å². The molecular weight excluding hydrogens is 1370 g/mol. The normalized spacial score (nSPS) is 12.3. The number of para-hydroxylation sites is 8. The lowest BCUT2D eigenvalue weighted by atomic mass is 10.0. The van der Waals surface area contributed by atoms with E-state index in [4.69, 9.17) is 17.7 Å². The van der Waals surface area contributed by atoms with Crippen molar-refractivity contribution in [1.82, 2.24) is 27.1 Å². The van der Waals surface area contributed by atoms with Crippen molar-refractivity contribution in [2.45, 2.75) is 0 Å². The largest absolute Gasteiger partial charge is 0.449 e. The van der Waals surface area contributed by atoms with Crippen LogP contribution in [0.2, 0.25) is 0 Å². The Bertz CT molecular complexity index is 7400. The highest BCUT2D eigenvalue weighted by Crippen LogP contribution is 2.48. The zero-order valence-corrected chi connectivity index (χ0v) is 60.0. The molecule has 0 bridgehead atoms. The maximum atomic E-state index is 7.67. The first-order valence-corrected chi connectivity index (χ1v) is 38.0. The van der Waals surface area contributed by atoms with Gasteiger partial charge < -0.3 is 35.9 Å². The van der Waals surface area contributed by atoms with Gasteiger partial charge in [-0.15, -0.1) is 0 Å². The summed E-state index contributed by atoms with van der Waals surface area (Å²) >= 11 is 0. The topological polar surface area (TPSA) is 81.1 Å². The Morgan fingerprint density at radius 2 is 0.339 bits per heavy atom. The van der Waals surface area contributed by atoms with E-state index in [0.29, 0.717) is 55.7 Å². The molecule has 522 valence electrons. The Hall–Kier alpha value is -15.3. The minimum atomic E-state index is 0.498. The van der Waals surface area contributed by atoms with Crippen molar-refractivity contribution >= 4 is 165 Å². The summed E-state index contributed by atoms with van der Waals surface area (Å²) in [5.41, 5.74) is 31.0. The van der Waals surface area contributed by atoms with E-state index in [1.54, 1.807) is 0 Å². The monoisotopic (exact) mass is 1430 g/mol.